The minimum Gasteiger partial charge on any atom is -0.308 e. The van der Waals surface area contributed by atoms with Gasteiger partial charge in [0, 0.05) is 17.5 Å². The maximum absolute atomic E-state index is 3.84. The fraction of sp³-hybridized carbons (Fsp3) is 0.600. The van der Waals surface area contributed by atoms with Crippen LogP contribution in [0.1, 0.15) is 44.6 Å². The first-order valence-electron chi connectivity index (χ1n) is 6.49. The van der Waals surface area contributed by atoms with E-state index in [9.17, 15) is 0 Å². The standard InChI is InChI=1S/C15H21N/c1-15(2)13(11-6-4-3-5-7-11)10-14(16-15)12-8-9-12/h3-7,12-14,16H,8-10H2,1-2H3/t13-,14-/m1/s1. The van der Waals surface area contributed by atoms with Crippen LogP contribution in [-0.4, -0.2) is 11.6 Å². The van der Waals surface area contributed by atoms with Gasteiger partial charge in [-0.25, -0.2) is 0 Å². The summed E-state index contributed by atoms with van der Waals surface area (Å²) in [6, 6.07) is 11.8. The summed E-state index contributed by atoms with van der Waals surface area (Å²) in [7, 11) is 0. The third-order valence-electron chi connectivity index (χ3n) is 4.31. The maximum Gasteiger partial charge on any atom is 0.0196 e. The third-order valence-corrected chi connectivity index (χ3v) is 4.31. The maximum atomic E-state index is 3.84. The van der Waals surface area contributed by atoms with E-state index < -0.39 is 0 Å². The Balaban J connectivity index is 1.84. The lowest BCUT2D eigenvalue weighted by molar-refractivity contribution is 0.386. The molecule has 1 heterocycles. The first-order chi connectivity index (χ1) is 7.67. The molecule has 1 aliphatic heterocycles. The second kappa shape index (κ2) is 3.59. The molecule has 1 aromatic carbocycles. The second-order valence-corrected chi connectivity index (χ2v) is 6.01. The zero-order valence-electron chi connectivity index (χ0n) is 10.2. The van der Waals surface area contributed by atoms with Crippen LogP contribution in [-0.2, 0) is 0 Å². The Morgan fingerprint density at radius 3 is 2.44 bits per heavy atom. The molecule has 1 nitrogen and oxygen atoms in total. The Hall–Kier alpha value is -0.820. The van der Waals surface area contributed by atoms with Crippen molar-refractivity contribution in [2.75, 3.05) is 0 Å². The van der Waals surface area contributed by atoms with E-state index >= 15 is 0 Å². The smallest absolute Gasteiger partial charge is 0.0196 e. The molecule has 0 aromatic heterocycles. The molecule has 0 radical (unpaired) electrons. The van der Waals surface area contributed by atoms with Crippen LogP contribution in [0.4, 0.5) is 0 Å². The van der Waals surface area contributed by atoms with E-state index in [-0.39, 0.29) is 5.54 Å². The van der Waals surface area contributed by atoms with Crippen molar-refractivity contribution in [2.24, 2.45) is 5.92 Å². The van der Waals surface area contributed by atoms with Crippen LogP contribution in [0.15, 0.2) is 30.3 Å². The predicted octanol–water partition coefficient (Wildman–Crippen LogP) is 3.32. The average Bonchev–Trinajstić information content (AvgIpc) is 3.05. The number of hydrogen-bond donors (Lipinski definition) is 1. The van der Waals surface area contributed by atoms with Crippen LogP contribution in [0.5, 0.6) is 0 Å². The van der Waals surface area contributed by atoms with Gasteiger partial charge in [-0.2, -0.15) is 0 Å². The van der Waals surface area contributed by atoms with Gasteiger partial charge in [-0.15, -0.1) is 0 Å². The Morgan fingerprint density at radius 1 is 1.12 bits per heavy atom. The molecule has 1 heteroatoms. The molecule has 16 heavy (non-hydrogen) atoms. The highest BCUT2D eigenvalue weighted by Crippen LogP contribution is 2.45. The molecule has 2 aliphatic rings. The zero-order valence-corrected chi connectivity index (χ0v) is 10.2. The lowest BCUT2D eigenvalue weighted by atomic mass is 9.83. The molecule has 3 rings (SSSR count). The third kappa shape index (κ3) is 1.78. The van der Waals surface area contributed by atoms with Gasteiger partial charge in [-0.05, 0) is 44.6 Å². The van der Waals surface area contributed by atoms with E-state index in [4.69, 9.17) is 0 Å². The molecule has 0 spiro atoms. The first-order valence-corrected chi connectivity index (χ1v) is 6.49. The van der Waals surface area contributed by atoms with E-state index in [1.165, 1.54) is 24.8 Å². The molecule has 0 unspecified atom stereocenters. The van der Waals surface area contributed by atoms with Gasteiger partial charge in [-0.3, -0.25) is 0 Å². The predicted molar refractivity (Wildman–Crippen MR) is 67.5 cm³/mol. The summed E-state index contributed by atoms with van der Waals surface area (Å²) >= 11 is 0. The highest BCUT2D eigenvalue weighted by Gasteiger charge is 2.45. The largest absolute Gasteiger partial charge is 0.308 e. The van der Waals surface area contributed by atoms with Gasteiger partial charge in [0.15, 0.2) is 0 Å². The molecule has 2 atom stereocenters. The monoisotopic (exact) mass is 215 g/mol. The van der Waals surface area contributed by atoms with E-state index in [0.717, 1.165) is 12.0 Å². The first kappa shape index (κ1) is 10.3. The minimum absolute atomic E-state index is 0.259. The SMILES string of the molecule is CC1(C)N[C@@H](C2CC2)C[C@@H]1c1ccccc1. The van der Waals surface area contributed by atoms with E-state index in [0.29, 0.717) is 5.92 Å². The van der Waals surface area contributed by atoms with Crippen LogP contribution in [0, 0.1) is 5.92 Å². The van der Waals surface area contributed by atoms with Crippen molar-refractivity contribution in [2.45, 2.75) is 50.6 Å². The number of hydrogen-bond acceptors (Lipinski definition) is 1. The summed E-state index contributed by atoms with van der Waals surface area (Å²) in [5.41, 5.74) is 1.76. The van der Waals surface area contributed by atoms with Crippen molar-refractivity contribution in [3.05, 3.63) is 35.9 Å². The molecule has 1 N–H and O–H groups in total. The molecular weight excluding hydrogens is 194 g/mol. The van der Waals surface area contributed by atoms with Gasteiger partial charge in [0.05, 0.1) is 0 Å². The van der Waals surface area contributed by atoms with Crippen molar-refractivity contribution in [3.63, 3.8) is 0 Å². The molecule has 0 amide bonds. The summed E-state index contributed by atoms with van der Waals surface area (Å²) in [5.74, 6) is 1.65. The van der Waals surface area contributed by atoms with Gasteiger partial charge in [0.1, 0.15) is 0 Å². The summed E-state index contributed by atoms with van der Waals surface area (Å²) in [6.45, 7) is 4.71. The minimum atomic E-state index is 0.259. The fourth-order valence-corrected chi connectivity index (χ4v) is 3.23. The van der Waals surface area contributed by atoms with Crippen molar-refractivity contribution in [3.8, 4) is 0 Å². The topological polar surface area (TPSA) is 12.0 Å². The number of benzene rings is 1. The Bertz CT molecular complexity index is 364. The van der Waals surface area contributed by atoms with E-state index in [2.05, 4.69) is 49.5 Å². The highest BCUT2D eigenvalue weighted by molar-refractivity contribution is 5.26. The number of nitrogens with one attached hydrogen (secondary N) is 1. The second-order valence-electron chi connectivity index (χ2n) is 6.01. The van der Waals surface area contributed by atoms with Crippen molar-refractivity contribution in [1.29, 1.82) is 0 Å². The van der Waals surface area contributed by atoms with E-state index in [1.807, 2.05) is 0 Å². The summed E-state index contributed by atoms with van der Waals surface area (Å²) in [6.07, 6.45) is 4.20. The van der Waals surface area contributed by atoms with Crippen LogP contribution < -0.4 is 5.32 Å². The molecule has 1 aromatic rings. The van der Waals surface area contributed by atoms with E-state index in [1.54, 1.807) is 0 Å². The number of rotatable bonds is 2. The van der Waals surface area contributed by atoms with Gasteiger partial charge < -0.3 is 5.32 Å². The fourth-order valence-electron chi connectivity index (χ4n) is 3.23. The molecular formula is C15H21N. The van der Waals surface area contributed by atoms with Crippen LogP contribution in [0.25, 0.3) is 0 Å². The van der Waals surface area contributed by atoms with Gasteiger partial charge in [0.25, 0.3) is 0 Å². The molecule has 1 aliphatic carbocycles. The van der Waals surface area contributed by atoms with Gasteiger partial charge >= 0.3 is 0 Å². The van der Waals surface area contributed by atoms with Crippen molar-refractivity contribution < 1.29 is 0 Å². The van der Waals surface area contributed by atoms with Gasteiger partial charge in [0.2, 0.25) is 0 Å². The lowest BCUT2D eigenvalue weighted by Crippen LogP contribution is -2.40. The Morgan fingerprint density at radius 2 is 1.81 bits per heavy atom. The van der Waals surface area contributed by atoms with Crippen LogP contribution in [0.2, 0.25) is 0 Å². The molecule has 2 fully saturated rings. The Labute approximate surface area is 98.3 Å². The molecule has 1 saturated heterocycles. The Kier molecular flexibility index (Phi) is 2.32. The molecule has 86 valence electrons. The quantitative estimate of drug-likeness (QED) is 0.798. The normalized spacial score (nSPS) is 32.9. The summed E-state index contributed by atoms with van der Waals surface area (Å²) in [5, 5.41) is 3.84. The molecule has 0 bridgehead atoms. The van der Waals surface area contributed by atoms with Crippen LogP contribution >= 0.6 is 0 Å². The summed E-state index contributed by atoms with van der Waals surface area (Å²) < 4.78 is 0. The van der Waals surface area contributed by atoms with Gasteiger partial charge in [-0.1, -0.05) is 30.3 Å². The average molecular weight is 215 g/mol. The van der Waals surface area contributed by atoms with Crippen LogP contribution in [0.3, 0.4) is 0 Å². The lowest BCUT2D eigenvalue weighted by Gasteiger charge is -2.27. The zero-order chi connectivity index (χ0) is 11.2. The highest BCUT2D eigenvalue weighted by atomic mass is 15.1. The molecule has 1 saturated carbocycles. The summed E-state index contributed by atoms with van der Waals surface area (Å²) in [4.78, 5) is 0. The van der Waals surface area contributed by atoms with Crippen molar-refractivity contribution in [1.82, 2.24) is 5.32 Å². The van der Waals surface area contributed by atoms with Crippen molar-refractivity contribution >= 4 is 0 Å².